The number of aliphatic carboxylic acids is 2. The Labute approximate surface area is 72.0 Å². The highest BCUT2D eigenvalue weighted by atomic mass is 35.5. The first-order chi connectivity index (χ1) is 4.95. The molecule has 0 aliphatic rings. The third-order valence-corrected chi connectivity index (χ3v) is 1.54. The van der Waals surface area contributed by atoms with Crippen LogP contribution in [-0.2, 0) is 9.59 Å². The Balaban J connectivity index is 4.40. The van der Waals surface area contributed by atoms with Gasteiger partial charge in [-0.25, -0.2) is 4.79 Å². The Kier molecular flexibility index (Phi) is 3.92. The molecule has 0 aromatic carbocycles. The summed E-state index contributed by atoms with van der Waals surface area (Å²) < 4.78 is 0. The van der Waals surface area contributed by atoms with E-state index in [1.807, 2.05) is 0 Å². The Morgan fingerprint density at radius 1 is 1.18 bits per heavy atom. The van der Waals surface area contributed by atoms with Crippen LogP contribution in [0.25, 0.3) is 0 Å². The molecule has 0 unspecified atom stereocenters. The molecule has 0 aromatic rings. The smallest absolute Gasteiger partial charge is 0.348 e. The molecule has 62 valence electrons. The SMILES string of the molecule is O=C(O)C/C(Cl)=C(\Cl)C(=O)O. The number of hydrogen-bond donors (Lipinski definition) is 2. The minimum atomic E-state index is -1.43. The van der Waals surface area contributed by atoms with Crippen LogP contribution in [0.3, 0.4) is 0 Å². The first-order valence-corrected chi connectivity index (χ1v) is 3.20. The van der Waals surface area contributed by atoms with Crippen LogP contribution < -0.4 is 0 Å². The second-order valence-corrected chi connectivity index (χ2v) is 2.43. The van der Waals surface area contributed by atoms with Crippen molar-refractivity contribution in [2.45, 2.75) is 6.42 Å². The minimum Gasteiger partial charge on any atom is -0.481 e. The van der Waals surface area contributed by atoms with Crippen LogP contribution in [0.1, 0.15) is 6.42 Å². The molecule has 0 fully saturated rings. The molecule has 11 heavy (non-hydrogen) atoms. The molecular formula is C5H4Cl2O4. The molecular weight excluding hydrogens is 195 g/mol. The van der Waals surface area contributed by atoms with Crippen molar-refractivity contribution < 1.29 is 19.8 Å². The van der Waals surface area contributed by atoms with E-state index in [0.717, 1.165) is 0 Å². The molecule has 0 bridgehead atoms. The van der Waals surface area contributed by atoms with Gasteiger partial charge in [0.15, 0.2) is 0 Å². The van der Waals surface area contributed by atoms with Crippen molar-refractivity contribution in [2.75, 3.05) is 0 Å². The third-order valence-electron chi connectivity index (χ3n) is 0.732. The van der Waals surface area contributed by atoms with Gasteiger partial charge in [0.25, 0.3) is 0 Å². The number of hydrogen-bond acceptors (Lipinski definition) is 2. The van der Waals surface area contributed by atoms with Gasteiger partial charge in [0.2, 0.25) is 0 Å². The van der Waals surface area contributed by atoms with Crippen LogP contribution in [0, 0.1) is 0 Å². The molecule has 0 amide bonds. The maximum absolute atomic E-state index is 10.1. The highest BCUT2D eigenvalue weighted by molar-refractivity contribution is 6.47. The predicted molar refractivity (Wildman–Crippen MR) is 38.6 cm³/mol. The number of carboxylic acids is 2. The zero-order valence-electron chi connectivity index (χ0n) is 5.17. The van der Waals surface area contributed by atoms with Crippen LogP contribution in [0.2, 0.25) is 0 Å². The summed E-state index contributed by atoms with van der Waals surface area (Å²) in [5.41, 5.74) is 0. The normalized spacial score (nSPS) is 12.2. The summed E-state index contributed by atoms with van der Waals surface area (Å²) in [6, 6.07) is 0. The van der Waals surface area contributed by atoms with Crippen molar-refractivity contribution in [3.05, 3.63) is 10.1 Å². The first-order valence-electron chi connectivity index (χ1n) is 2.44. The van der Waals surface area contributed by atoms with E-state index in [1.54, 1.807) is 0 Å². The molecule has 2 N–H and O–H groups in total. The van der Waals surface area contributed by atoms with Crippen LogP contribution >= 0.6 is 23.2 Å². The molecule has 6 heteroatoms. The third kappa shape index (κ3) is 3.85. The van der Waals surface area contributed by atoms with Crippen LogP contribution in [0.15, 0.2) is 10.1 Å². The molecule has 0 aliphatic heterocycles. The van der Waals surface area contributed by atoms with Crippen molar-refractivity contribution in [1.29, 1.82) is 0 Å². The van der Waals surface area contributed by atoms with Crippen LogP contribution in [-0.4, -0.2) is 22.2 Å². The van der Waals surface area contributed by atoms with E-state index in [4.69, 9.17) is 33.4 Å². The second-order valence-electron chi connectivity index (χ2n) is 1.59. The standard InChI is InChI=1S/C5H4Cl2O4/c6-2(1-3(8)9)4(7)5(10)11/h1H2,(H,8,9)(H,10,11)/b4-2+. The van der Waals surface area contributed by atoms with E-state index in [9.17, 15) is 9.59 Å². The summed E-state index contributed by atoms with van der Waals surface area (Å²) in [6.45, 7) is 0. The highest BCUT2D eigenvalue weighted by Crippen LogP contribution is 2.17. The quantitative estimate of drug-likeness (QED) is 0.670. The molecule has 0 spiro atoms. The van der Waals surface area contributed by atoms with E-state index in [0.29, 0.717) is 0 Å². The van der Waals surface area contributed by atoms with Crippen LogP contribution in [0.4, 0.5) is 0 Å². The topological polar surface area (TPSA) is 74.6 Å². The zero-order chi connectivity index (χ0) is 9.02. The lowest BCUT2D eigenvalue weighted by Gasteiger charge is -1.94. The van der Waals surface area contributed by atoms with Crippen molar-refractivity contribution >= 4 is 35.1 Å². The molecule has 0 radical (unpaired) electrons. The molecule has 0 atom stereocenters. The molecule has 0 aliphatic carbocycles. The van der Waals surface area contributed by atoms with E-state index >= 15 is 0 Å². The summed E-state index contributed by atoms with van der Waals surface area (Å²) in [5, 5.41) is 15.3. The average molecular weight is 199 g/mol. The van der Waals surface area contributed by atoms with Crippen molar-refractivity contribution in [1.82, 2.24) is 0 Å². The average Bonchev–Trinajstić information content (AvgIpc) is 1.84. The highest BCUT2D eigenvalue weighted by Gasteiger charge is 2.12. The Morgan fingerprint density at radius 3 is 1.91 bits per heavy atom. The molecule has 0 saturated carbocycles. The number of rotatable bonds is 3. The van der Waals surface area contributed by atoms with Gasteiger partial charge in [-0.2, -0.15) is 0 Å². The summed E-state index contributed by atoms with van der Waals surface area (Å²) >= 11 is 10.3. The lowest BCUT2D eigenvalue weighted by atomic mass is 10.4. The molecule has 0 heterocycles. The Bertz CT molecular complexity index is 221. The fourth-order valence-corrected chi connectivity index (χ4v) is 0.588. The predicted octanol–water partition coefficient (Wildman–Crippen LogP) is 1.23. The molecule has 0 aromatic heterocycles. The lowest BCUT2D eigenvalue weighted by molar-refractivity contribution is -0.136. The van der Waals surface area contributed by atoms with Gasteiger partial charge < -0.3 is 10.2 Å². The van der Waals surface area contributed by atoms with Crippen molar-refractivity contribution in [3.63, 3.8) is 0 Å². The maximum Gasteiger partial charge on any atom is 0.348 e. The van der Waals surface area contributed by atoms with Crippen LogP contribution in [0.5, 0.6) is 0 Å². The number of halogens is 2. The van der Waals surface area contributed by atoms with Crippen molar-refractivity contribution in [3.8, 4) is 0 Å². The van der Waals surface area contributed by atoms with Gasteiger partial charge >= 0.3 is 11.9 Å². The molecule has 4 nitrogen and oxygen atoms in total. The van der Waals surface area contributed by atoms with E-state index in [-0.39, 0.29) is 5.03 Å². The summed E-state index contributed by atoms with van der Waals surface area (Å²) in [5.74, 6) is -2.66. The monoisotopic (exact) mass is 198 g/mol. The molecule has 0 rings (SSSR count). The maximum atomic E-state index is 10.1. The number of carbonyl (C=O) groups is 2. The number of carboxylic acid groups (broad SMARTS) is 2. The largest absolute Gasteiger partial charge is 0.481 e. The van der Waals surface area contributed by atoms with Crippen molar-refractivity contribution in [2.24, 2.45) is 0 Å². The van der Waals surface area contributed by atoms with Gasteiger partial charge in [0.05, 0.1) is 11.5 Å². The van der Waals surface area contributed by atoms with Gasteiger partial charge in [0, 0.05) is 0 Å². The van der Waals surface area contributed by atoms with E-state index in [2.05, 4.69) is 0 Å². The summed E-state index contributed by atoms with van der Waals surface area (Å²) in [7, 11) is 0. The summed E-state index contributed by atoms with van der Waals surface area (Å²) in [4.78, 5) is 20.0. The fourth-order valence-electron chi connectivity index (χ4n) is 0.326. The Hall–Kier alpha value is -0.740. The fraction of sp³-hybridized carbons (Fsp3) is 0.200. The van der Waals surface area contributed by atoms with Gasteiger partial charge in [-0.1, -0.05) is 23.2 Å². The molecule has 0 saturated heterocycles. The minimum absolute atomic E-state index is 0.383. The van der Waals surface area contributed by atoms with Gasteiger partial charge in [0.1, 0.15) is 5.03 Å². The van der Waals surface area contributed by atoms with E-state index < -0.39 is 23.4 Å². The van der Waals surface area contributed by atoms with Gasteiger partial charge in [-0.15, -0.1) is 0 Å². The second kappa shape index (κ2) is 4.20. The van der Waals surface area contributed by atoms with Gasteiger partial charge in [-0.05, 0) is 0 Å². The first kappa shape index (κ1) is 10.3. The van der Waals surface area contributed by atoms with E-state index in [1.165, 1.54) is 0 Å². The lowest BCUT2D eigenvalue weighted by Crippen LogP contribution is -2.00. The van der Waals surface area contributed by atoms with Gasteiger partial charge in [-0.3, -0.25) is 4.79 Å². The Morgan fingerprint density at radius 2 is 1.64 bits per heavy atom. The zero-order valence-corrected chi connectivity index (χ0v) is 6.69. The summed E-state index contributed by atoms with van der Waals surface area (Å²) in [6.07, 6.45) is -0.577.